The minimum Gasteiger partial charge on any atom is -0.366 e. The van der Waals surface area contributed by atoms with Gasteiger partial charge >= 0.3 is 0 Å². The molecule has 0 aromatic heterocycles. The molecule has 116 valence electrons. The summed E-state index contributed by atoms with van der Waals surface area (Å²) in [4.78, 5) is 24.8. The molecule has 21 heavy (non-hydrogen) atoms. The van der Waals surface area contributed by atoms with Gasteiger partial charge in [0, 0.05) is 26.2 Å². The van der Waals surface area contributed by atoms with Crippen LogP contribution in [-0.2, 0) is 11.3 Å². The van der Waals surface area contributed by atoms with Gasteiger partial charge in [0.15, 0.2) is 0 Å². The third-order valence-corrected chi connectivity index (χ3v) is 3.24. The molecule has 0 aliphatic heterocycles. The van der Waals surface area contributed by atoms with Crippen LogP contribution < -0.4 is 11.1 Å². The van der Waals surface area contributed by atoms with Crippen molar-refractivity contribution < 1.29 is 9.59 Å². The van der Waals surface area contributed by atoms with E-state index in [0.29, 0.717) is 18.0 Å². The Morgan fingerprint density at radius 3 is 2.19 bits per heavy atom. The summed E-state index contributed by atoms with van der Waals surface area (Å²) in [6.07, 6.45) is 0.788. The average Bonchev–Trinajstić information content (AvgIpc) is 2.42. The summed E-state index contributed by atoms with van der Waals surface area (Å²) in [6.45, 7) is 4.77. The van der Waals surface area contributed by atoms with Crippen LogP contribution in [0.25, 0.3) is 0 Å². The number of hydrogen-bond acceptors (Lipinski definition) is 3. The summed E-state index contributed by atoms with van der Waals surface area (Å²) in [5.41, 5.74) is 6.71. The maximum Gasteiger partial charge on any atom is 0.248 e. The van der Waals surface area contributed by atoms with Crippen molar-refractivity contribution in [1.82, 2.24) is 10.2 Å². The molecule has 3 N–H and O–H groups in total. The largest absolute Gasteiger partial charge is 0.366 e. The van der Waals surface area contributed by atoms with E-state index in [1.54, 1.807) is 31.1 Å². The van der Waals surface area contributed by atoms with Gasteiger partial charge in [0.05, 0.1) is 6.04 Å². The Balaban J connectivity index is 2.67. The molecule has 0 aliphatic carbocycles. The first-order chi connectivity index (χ1) is 9.81. The highest BCUT2D eigenvalue weighted by Gasteiger charge is 2.20. The number of benzene rings is 1. The van der Waals surface area contributed by atoms with Crippen molar-refractivity contribution in [3.8, 4) is 0 Å². The Labute approximate surface area is 126 Å². The predicted octanol–water partition coefficient (Wildman–Crippen LogP) is 1.38. The van der Waals surface area contributed by atoms with Gasteiger partial charge in [-0.05, 0) is 30.0 Å². The molecule has 1 atom stereocenters. The smallest absolute Gasteiger partial charge is 0.248 e. The van der Waals surface area contributed by atoms with Crippen molar-refractivity contribution in [3.05, 3.63) is 35.4 Å². The molecule has 0 spiro atoms. The van der Waals surface area contributed by atoms with E-state index in [0.717, 1.165) is 12.0 Å². The van der Waals surface area contributed by atoms with E-state index in [-0.39, 0.29) is 11.9 Å². The second kappa shape index (κ2) is 7.78. The molecule has 0 saturated heterocycles. The summed E-state index contributed by atoms with van der Waals surface area (Å²) < 4.78 is 0. The van der Waals surface area contributed by atoms with E-state index in [1.807, 2.05) is 12.1 Å². The van der Waals surface area contributed by atoms with Crippen LogP contribution in [0.2, 0.25) is 0 Å². The van der Waals surface area contributed by atoms with E-state index in [1.165, 1.54) is 0 Å². The van der Waals surface area contributed by atoms with Crippen LogP contribution in [0.5, 0.6) is 0 Å². The monoisotopic (exact) mass is 291 g/mol. The third-order valence-electron chi connectivity index (χ3n) is 3.24. The van der Waals surface area contributed by atoms with E-state index in [2.05, 4.69) is 19.2 Å². The molecule has 5 nitrogen and oxygen atoms in total. The highest BCUT2D eigenvalue weighted by molar-refractivity contribution is 5.92. The number of carbonyl (C=O) groups is 2. The summed E-state index contributed by atoms with van der Waals surface area (Å²) in [5.74, 6) is 0.0797. The van der Waals surface area contributed by atoms with Crippen LogP contribution in [0, 0.1) is 5.92 Å². The lowest BCUT2D eigenvalue weighted by Gasteiger charge is -2.23. The molecule has 1 aromatic carbocycles. The van der Waals surface area contributed by atoms with Gasteiger partial charge in [-0.1, -0.05) is 26.0 Å². The molecular formula is C16H25N3O2. The lowest BCUT2D eigenvalue weighted by Crippen LogP contribution is -2.44. The summed E-state index contributed by atoms with van der Waals surface area (Å²) in [6, 6.07) is 6.89. The van der Waals surface area contributed by atoms with Crippen LogP contribution in [0.1, 0.15) is 36.2 Å². The second-order valence-electron chi connectivity index (χ2n) is 5.86. The Hall–Kier alpha value is -1.88. The first-order valence-corrected chi connectivity index (χ1v) is 7.14. The highest BCUT2D eigenvalue weighted by atomic mass is 16.2. The zero-order chi connectivity index (χ0) is 16.0. The fourth-order valence-corrected chi connectivity index (χ4v) is 2.08. The van der Waals surface area contributed by atoms with Crippen molar-refractivity contribution in [2.45, 2.75) is 32.9 Å². The fourth-order valence-electron chi connectivity index (χ4n) is 2.08. The molecule has 1 rings (SSSR count). The molecule has 0 bridgehead atoms. The van der Waals surface area contributed by atoms with Crippen LogP contribution in [0.3, 0.4) is 0 Å². The van der Waals surface area contributed by atoms with Gasteiger partial charge in [-0.2, -0.15) is 0 Å². The maximum atomic E-state index is 12.1. The zero-order valence-corrected chi connectivity index (χ0v) is 13.2. The number of amides is 2. The van der Waals surface area contributed by atoms with Gasteiger partial charge in [-0.3, -0.25) is 9.59 Å². The van der Waals surface area contributed by atoms with Crippen LogP contribution >= 0.6 is 0 Å². The van der Waals surface area contributed by atoms with Gasteiger partial charge < -0.3 is 16.0 Å². The van der Waals surface area contributed by atoms with Gasteiger partial charge in [-0.25, -0.2) is 0 Å². The quantitative estimate of drug-likeness (QED) is 0.797. The molecule has 2 amide bonds. The molecular weight excluding hydrogens is 266 g/mol. The third kappa shape index (κ3) is 5.55. The van der Waals surface area contributed by atoms with Crippen molar-refractivity contribution in [2.24, 2.45) is 11.7 Å². The number of hydrogen-bond donors (Lipinski definition) is 2. The van der Waals surface area contributed by atoms with Crippen molar-refractivity contribution in [1.29, 1.82) is 0 Å². The molecule has 1 unspecified atom stereocenters. The lowest BCUT2D eigenvalue weighted by molar-refractivity contribution is -0.131. The number of nitrogens with zero attached hydrogens (tertiary/aromatic N) is 1. The van der Waals surface area contributed by atoms with E-state index < -0.39 is 5.91 Å². The fraction of sp³-hybridized carbons (Fsp3) is 0.500. The number of rotatable bonds is 7. The predicted molar refractivity (Wildman–Crippen MR) is 83.7 cm³/mol. The van der Waals surface area contributed by atoms with E-state index in [9.17, 15) is 9.59 Å². The minimum atomic E-state index is -0.435. The summed E-state index contributed by atoms with van der Waals surface area (Å²) in [5, 5.41) is 3.29. The first-order valence-electron chi connectivity index (χ1n) is 7.14. The minimum absolute atomic E-state index is 0.0810. The summed E-state index contributed by atoms with van der Waals surface area (Å²) >= 11 is 0. The molecule has 0 fully saturated rings. The molecule has 0 radical (unpaired) electrons. The van der Waals surface area contributed by atoms with Crippen molar-refractivity contribution in [3.63, 3.8) is 0 Å². The Kier molecular flexibility index (Phi) is 6.37. The first kappa shape index (κ1) is 17.2. The normalized spacial score (nSPS) is 12.2. The zero-order valence-electron chi connectivity index (χ0n) is 13.2. The number of nitrogens with two attached hydrogens (primary N) is 1. The molecule has 1 aromatic rings. The van der Waals surface area contributed by atoms with Crippen molar-refractivity contribution >= 4 is 11.8 Å². The Bertz CT molecular complexity index is 481. The maximum absolute atomic E-state index is 12.1. The number of likely N-dealkylation sites (N-methyl/N-ethyl adjacent to an activating group) is 1. The van der Waals surface area contributed by atoms with Gasteiger partial charge in [0.1, 0.15) is 0 Å². The molecule has 5 heteroatoms. The number of carbonyl (C=O) groups excluding carboxylic acids is 2. The van der Waals surface area contributed by atoms with E-state index in [4.69, 9.17) is 5.73 Å². The summed E-state index contributed by atoms with van der Waals surface area (Å²) in [7, 11) is 3.53. The molecule has 0 saturated carbocycles. The molecule has 0 aliphatic rings. The average molecular weight is 291 g/mol. The lowest BCUT2D eigenvalue weighted by atomic mass is 10.0. The van der Waals surface area contributed by atoms with E-state index >= 15 is 0 Å². The van der Waals surface area contributed by atoms with Crippen LogP contribution in [0.4, 0.5) is 0 Å². The highest BCUT2D eigenvalue weighted by Crippen LogP contribution is 2.09. The number of nitrogens with one attached hydrogen (secondary N) is 1. The second-order valence-corrected chi connectivity index (χ2v) is 5.86. The molecule has 0 heterocycles. The van der Waals surface area contributed by atoms with Crippen LogP contribution in [-0.4, -0.2) is 36.9 Å². The van der Waals surface area contributed by atoms with Gasteiger partial charge in [-0.15, -0.1) is 0 Å². The van der Waals surface area contributed by atoms with Crippen molar-refractivity contribution in [2.75, 3.05) is 14.1 Å². The Morgan fingerprint density at radius 1 is 1.19 bits per heavy atom. The van der Waals surface area contributed by atoms with Gasteiger partial charge in [0.2, 0.25) is 11.8 Å². The van der Waals surface area contributed by atoms with Crippen LogP contribution in [0.15, 0.2) is 24.3 Å². The SMILES string of the molecule is CC(C)CC(NCc1ccc(C(N)=O)cc1)C(=O)N(C)C. The topological polar surface area (TPSA) is 75.4 Å². The standard InChI is InChI=1S/C16H25N3O2/c1-11(2)9-14(16(21)19(3)4)18-10-12-5-7-13(8-6-12)15(17)20/h5-8,11,14,18H,9-10H2,1-4H3,(H2,17,20). The Morgan fingerprint density at radius 2 is 1.76 bits per heavy atom. The van der Waals surface area contributed by atoms with Gasteiger partial charge in [0.25, 0.3) is 0 Å². The number of primary amides is 1.